The van der Waals surface area contributed by atoms with Crippen LogP contribution in [0.5, 0.6) is 11.5 Å². The number of methoxy groups -OCH3 is 1. The molecule has 1 saturated heterocycles. The molecule has 29 heavy (non-hydrogen) atoms. The number of carbonyl (C=O) groups is 1. The van der Waals surface area contributed by atoms with Crippen molar-refractivity contribution >= 4 is 18.3 Å². The second kappa shape index (κ2) is 11.7. The van der Waals surface area contributed by atoms with Crippen LogP contribution in [-0.2, 0) is 0 Å². The predicted molar refractivity (Wildman–Crippen MR) is 118 cm³/mol. The molecule has 5 nitrogen and oxygen atoms in total. The van der Waals surface area contributed by atoms with Crippen molar-refractivity contribution in [2.75, 3.05) is 33.4 Å². The molecule has 158 valence electrons. The number of benzene rings is 2. The summed E-state index contributed by atoms with van der Waals surface area (Å²) in [5.74, 6) is 1.51. The highest BCUT2D eigenvalue weighted by molar-refractivity contribution is 5.94. The monoisotopic (exact) mass is 418 g/mol. The van der Waals surface area contributed by atoms with E-state index in [1.807, 2.05) is 36.4 Å². The van der Waals surface area contributed by atoms with Gasteiger partial charge in [0.05, 0.1) is 19.8 Å². The van der Waals surface area contributed by atoms with Gasteiger partial charge in [-0.15, -0.1) is 12.4 Å². The molecule has 0 saturated carbocycles. The van der Waals surface area contributed by atoms with Gasteiger partial charge in [-0.25, -0.2) is 0 Å². The first-order chi connectivity index (χ1) is 13.7. The van der Waals surface area contributed by atoms with Gasteiger partial charge in [-0.05, 0) is 68.2 Å². The first-order valence-corrected chi connectivity index (χ1v) is 10.1. The van der Waals surface area contributed by atoms with Gasteiger partial charge < -0.3 is 14.8 Å². The lowest BCUT2D eigenvalue weighted by molar-refractivity contribution is 0.0937. The summed E-state index contributed by atoms with van der Waals surface area (Å²) < 4.78 is 10.9. The number of halogens is 1. The molecule has 1 atom stereocenters. The van der Waals surface area contributed by atoms with Crippen LogP contribution < -0.4 is 14.8 Å². The molecule has 0 radical (unpaired) electrons. The van der Waals surface area contributed by atoms with Crippen LogP contribution in [0.1, 0.15) is 48.1 Å². The van der Waals surface area contributed by atoms with E-state index in [9.17, 15) is 4.79 Å². The number of carbonyl (C=O) groups excluding carboxylic acids is 1. The van der Waals surface area contributed by atoms with E-state index in [4.69, 9.17) is 9.47 Å². The SMILES string of the molecule is CCCOc1cccc(C(=O)NCC(c2ccc(OC)cc2)N2CCCC2)c1.Cl. The maximum absolute atomic E-state index is 12.7. The minimum atomic E-state index is -0.0698. The third-order valence-electron chi connectivity index (χ3n) is 5.11. The summed E-state index contributed by atoms with van der Waals surface area (Å²) in [5, 5.41) is 3.12. The van der Waals surface area contributed by atoms with Crippen LogP contribution in [0, 0.1) is 0 Å². The predicted octanol–water partition coefficient (Wildman–Crippen LogP) is 4.47. The van der Waals surface area contributed by atoms with Gasteiger partial charge in [-0.1, -0.05) is 25.1 Å². The van der Waals surface area contributed by atoms with Crippen molar-refractivity contribution in [1.29, 1.82) is 0 Å². The van der Waals surface area contributed by atoms with Crippen LogP contribution in [0.3, 0.4) is 0 Å². The van der Waals surface area contributed by atoms with Gasteiger partial charge in [-0.3, -0.25) is 9.69 Å². The van der Waals surface area contributed by atoms with Crippen LogP contribution >= 0.6 is 12.4 Å². The summed E-state index contributed by atoms with van der Waals surface area (Å²) in [6.45, 7) is 5.42. The largest absolute Gasteiger partial charge is 0.497 e. The first-order valence-electron chi connectivity index (χ1n) is 10.1. The lowest BCUT2D eigenvalue weighted by Crippen LogP contribution is -2.36. The second-order valence-electron chi connectivity index (χ2n) is 7.12. The van der Waals surface area contributed by atoms with Gasteiger partial charge in [0.15, 0.2) is 0 Å². The van der Waals surface area contributed by atoms with Crippen molar-refractivity contribution in [3.05, 3.63) is 59.7 Å². The van der Waals surface area contributed by atoms with E-state index in [2.05, 4.69) is 29.3 Å². The minimum Gasteiger partial charge on any atom is -0.497 e. The molecule has 3 rings (SSSR count). The Morgan fingerprint density at radius 1 is 1.10 bits per heavy atom. The minimum absolute atomic E-state index is 0. The molecule has 1 aliphatic heterocycles. The standard InChI is InChI=1S/C23H30N2O3.ClH/c1-3-15-28-21-8-6-7-19(16-21)23(26)24-17-22(25-13-4-5-14-25)18-9-11-20(27-2)12-10-18;/h6-12,16,22H,3-5,13-15,17H2,1-2H3,(H,24,26);1H. The van der Waals surface area contributed by atoms with E-state index in [1.54, 1.807) is 7.11 Å². The van der Waals surface area contributed by atoms with E-state index in [0.29, 0.717) is 18.7 Å². The first kappa shape index (κ1) is 23.0. The molecular formula is C23H31ClN2O3. The summed E-state index contributed by atoms with van der Waals surface area (Å²) in [7, 11) is 1.67. The fourth-order valence-electron chi connectivity index (χ4n) is 3.58. The molecular weight excluding hydrogens is 388 g/mol. The lowest BCUT2D eigenvalue weighted by Gasteiger charge is -2.28. The third kappa shape index (κ3) is 6.38. The molecule has 1 amide bonds. The highest BCUT2D eigenvalue weighted by Crippen LogP contribution is 2.26. The molecule has 2 aromatic rings. The van der Waals surface area contributed by atoms with E-state index in [0.717, 1.165) is 31.0 Å². The van der Waals surface area contributed by atoms with E-state index in [-0.39, 0.29) is 24.4 Å². The quantitative estimate of drug-likeness (QED) is 0.652. The van der Waals surface area contributed by atoms with Crippen LogP contribution in [0.2, 0.25) is 0 Å². The van der Waals surface area contributed by atoms with E-state index in [1.165, 1.54) is 18.4 Å². The van der Waals surface area contributed by atoms with E-state index < -0.39 is 0 Å². The molecule has 0 aromatic heterocycles. The molecule has 0 spiro atoms. The Hall–Kier alpha value is -2.24. The molecule has 1 aliphatic rings. The number of nitrogens with one attached hydrogen (secondary N) is 1. The zero-order chi connectivity index (χ0) is 19.8. The van der Waals surface area contributed by atoms with Crippen LogP contribution in [0.25, 0.3) is 0 Å². The number of nitrogens with zero attached hydrogens (tertiary/aromatic N) is 1. The van der Waals surface area contributed by atoms with Crippen molar-refractivity contribution in [2.45, 2.75) is 32.2 Å². The Morgan fingerprint density at radius 3 is 2.48 bits per heavy atom. The number of ether oxygens (including phenoxy) is 2. The third-order valence-corrected chi connectivity index (χ3v) is 5.11. The Morgan fingerprint density at radius 2 is 1.83 bits per heavy atom. The highest BCUT2D eigenvalue weighted by Gasteiger charge is 2.24. The van der Waals surface area contributed by atoms with Crippen molar-refractivity contribution in [3.8, 4) is 11.5 Å². The molecule has 1 unspecified atom stereocenters. The topological polar surface area (TPSA) is 50.8 Å². The summed E-state index contributed by atoms with van der Waals surface area (Å²) in [6, 6.07) is 15.7. The normalized spacial score (nSPS) is 14.7. The lowest BCUT2D eigenvalue weighted by atomic mass is 10.0. The summed E-state index contributed by atoms with van der Waals surface area (Å²) in [5.41, 5.74) is 1.83. The maximum atomic E-state index is 12.7. The number of rotatable bonds is 9. The highest BCUT2D eigenvalue weighted by atomic mass is 35.5. The van der Waals surface area contributed by atoms with Gasteiger partial charge >= 0.3 is 0 Å². The fraction of sp³-hybridized carbons (Fsp3) is 0.435. The van der Waals surface area contributed by atoms with Gasteiger partial charge in [0.2, 0.25) is 0 Å². The van der Waals surface area contributed by atoms with Crippen molar-refractivity contribution in [2.24, 2.45) is 0 Å². The number of hydrogen-bond donors (Lipinski definition) is 1. The van der Waals surface area contributed by atoms with E-state index >= 15 is 0 Å². The average Bonchev–Trinajstić information content (AvgIpc) is 3.27. The summed E-state index contributed by atoms with van der Waals surface area (Å²) in [4.78, 5) is 15.2. The number of likely N-dealkylation sites (tertiary alicyclic amines) is 1. The zero-order valence-electron chi connectivity index (χ0n) is 17.2. The molecule has 1 N–H and O–H groups in total. The molecule has 1 heterocycles. The van der Waals surface area contributed by atoms with Gasteiger partial charge in [0.1, 0.15) is 11.5 Å². The molecule has 6 heteroatoms. The molecule has 2 aromatic carbocycles. The van der Waals surface area contributed by atoms with Gasteiger partial charge in [0.25, 0.3) is 5.91 Å². The van der Waals surface area contributed by atoms with Gasteiger partial charge in [-0.2, -0.15) is 0 Å². The van der Waals surface area contributed by atoms with Crippen LogP contribution in [0.4, 0.5) is 0 Å². The van der Waals surface area contributed by atoms with Gasteiger partial charge in [0, 0.05) is 12.1 Å². The van der Waals surface area contributed by atoms with Crippen LogP contribution in [-0.4, -0.2) is 44.2 Å². The molecule has 1 fully saturated rings. The average molecular weight is 419 g/mol. The van der Waals surface area contributed by atoms with Crippen LogP contribution in [0.15, 0.2) is 48.5 Å². The number of amides is 1. The zero-order valence-corrected chi connectivity index (χ0v) is 18.0. The summed E-state index contributed by atoms with van der Waals surface area (Å²) in [6.07, 6.45) is 3.35. The van der Waals surface area contributed by atoms with Crippen molar-refractivity contribution in [1.82, 2.24) is 10.2 Å². The second-order valence-corrected chi connectivity index (χ2v) is 7.12. The summed E-state index contributed by atoms with van der Waals surface area (Å²) >= 11 is 0. The maximum Gasteiger partial charge on any atom is 0.251 e. The smallest absolute Gasteiger partial charge is 0.251 e. The molecule has 0 bridgehead atoms. The van der Waals surface area contributed by atoms with Crippen molar-refractivity contribution in [3.63, 3.8) is 0 Å². The Balaban J connectivity index is 0.00000300. The Bertz CT molecular complexity index is 761. The van der Waals surface area contributed by atoms with Crippen molar-refractivity contribution < 1.29 is 14.3 Å². The Labute approximate surface area is 179 Å². The number of hydrogen-bond acceptors (Lipinski definition) is 4. The molecule has 0 aliphatic carbocycles. The fourth-order valence-corrected chi connectivity index (χ4v) is 3.58. The Kier molecular flexibility index (Phi) is 9.29.